The van der Waals surface area contributed by atoms with Gasteiger partial charge in [-0.3, -0.25) is 9.88 Å². The molecule has 1 atom stereocenters. The van der Waals surface area contributed by atoms with Crippen molar-refractivity contribution >= 4 is 17.1 Å². The number of alkyl halides is 3. The molecule has 0 radical (unpaired) electrons. The highest BCUT2D eigenvalue weighted by Crippen LogP contribution is 2.36. The molecule has 1 unspecified atom stereocenters. The second-order valence-electron chi connectivity index (χ2n) is 14.9. The van der Waals surface area contributed by atoms with Gasteiger partial charge in [0.2, 0.25) is 0 Å². The molecule has 0 aliphatic heterocycles. The molecule has 1 aromatic heterocycles. The molecule has 0 fully saturated rings. The van der Waals surface area contributed by atoms with E-state index in [2.05, 4.69) is 79.4 Å². The van der Waals surface area contributed by atoms with Crippen molar-refractivity contribution in [2.45, 2.75) is 124 Å². The lowest BCUT2D eigenvalue weighted by atomic mass is 9.88. The monoisotopic (exact) mass is 764 g/mol. The highest BCUT2D eigenvalue weighted by Gasteiger charge is 2.30. The maximum absolute atomic E-state index is 13.1. The number of allylic oxidation sites excluding steroid dienone is 3. The third-order valence-corrected chi connectivity index (χ3v) is 11.6. The van der Waals surface area contributed by atoms with Crippen LogP contribution >= 0.6 is 12.2 Å². The van der Waals surface area contributed by atoms with Crippen molar-refractivity contribution in [3.63, 3.8) is 0 Å². The summed E-state index contributed by atoms with van der Waals surface area (Å²) >= 11 is 5.46. The van der Waals surface area contributed by atoms with E-state index in [1.807, 2.05) is 26.8 Å². The van der Waals surface area contributed by atoms with E-state index >= 15 is 0 Å². The van der Waals surface area contributed by atoms with Crippen molar-refractivity contribution in [2.24, 2.45) is 0 Å². The summed E-state index contributed by atoms with van der Waals surface area (Å²) < 4.78 is 39.3. The Morgan fingerprint density at radius 1 is 0.782 bits per heavy atom. The van der Waals surface area contributed by atoms with Gasteiger partial charge in [0.1, 0.15) is 0 Å². The SMILES string of the molecule is CC.CCCCc1ccc2c(n1)CCCC2N(CCC1=CC=C(C(C)=S)CC1)CCc1ccccc1CCc1ccc(-c2ccc(C(F)(F)F)cc2)cc1C. The van der Waals surface area contributed by atoms with Crippen LogP contribution in [0, 0.1) is 6.92 Å². The molecule has 4 aromatic rings. The predicted octanol–water partition coefficient (Wildman–Crippen LogP) is 13.6. The van der Waals surface area contributed by atoms with Crippen molar-refractivity contribution < 1.29 is 13.2 Å². The Hall–Kier alpha value is -3.87. The van der Waals surface area contributed by atoms with E-state index in [1.54, 1.807) is 12.1 Å². The molecule has 3 aromatic carbocycles. The van der Waals surface area contributed by atoms with Crippen LogP contribution in [0.15, 0.2) is 102 Å². The van der Waals surface area contributed by atoms with E-state index in [0.717, 1.165) is 98.1 Å². The summed E-state index contributed by atoms with van der Waals surface area (Å²) in [5.74, 6) is 0. The topological polar surface area (TPSA) is 16.1 Å². The highest BCUT2D eigenvalue weighted by molar-refractivity contribution is 7.80. The second-order valence-corrected chi connectivity index (χ2v) is 15.6. The number of nitrogens with zero attached hydrogens (tertiary/aromatic N) is 2. The van der Waals surface area contributed by atoms with E-state index in [0.29, 0.717) is 6.04 Å². The number of rotatable bonds is 15. The summed E-state index contributed by atoms with van der Waals surface area (Å²) in [4.78, 5) is 8.94. The van der Waals surface area contributed by atoms with Gasteiger partial charge >= 0.3 is 6.18 Å². The Morgan fingerprint density at radius 2 is 1.47 bits per heavy atom. The second kappa shape index (κ2) is 20.3. The molecule has 2 aliphatic rings. The van der Waals surface area contributed by atoms with Crippen LogP contribution in [0.25, 0.3) is 11.1 Å². The third kappa shape index (κ3) is 11.6. The van der Waals surface area contributed by atoms with Gasteiger partial charge in [-0.2, -0.15) is 13.2 Å². The lowest BCUT2D eigenvalue weighted by molar-refractivity contribution is -0.137. The van der Waals surface area contributed by atoms with E-state index in [-0.39, 0.29) is 0 Å². The average molecular weight is 765 g/mol. The fraction of sp³-hybridized carbons (Fsp3) is 0.429. The fourth-order valence-electron chi connectivity index (χ4n) is 8.03. The van der Waals surface area contributed by atoms with Gasteiger partial charge in [0, 0.05) is 35.4 Å². The quantitative estimate of drug-likeness (QED) is 0.112. The first-order chi connectivity index (χ1) is 26.6. The number of thiocarbonyl (C=S) groups is 1. The van der Waals surface area contributed by atoms with Crippen LogP contribution in [0.5, 0.6) is 0 Å². The Labute approximate surface area is 334 Å². The molecular formula is C49H59F3N2S. The van der Waals surface area contributed by atoms with Crippen molar-refractivity contribution in [2.75, 3.05) is 13.1 Å². The molecule has 0 amide bonds. The Balaban J connectivity index is 0.00000285. The van der Waals surface area contributed by atoms with Crippen LogP contribution in [0.1, 0.15) is 123 Å². The zero-order chi connectivity index (χ0) is 39.4. The largest absolute Gasteiger partial charge is 0.416 e. The summed E-state index contributed by atoms with van der Waals surface area (Å²) in [6.07, 6.45) is 13.1. The molecule has 55 heavy (non-hydrogen) atoms. The van der Waals surface area contributed by atoms with Gasteiger partial charge < -0.3 is 0 Å². The minimum Gasteiger partial charge on any atom is -0.296 e. The van der Waals surface area contributed by atoms with Crippen LogP contribution in [-0.2, 0) is 38.3 Å². The number of unbranched alkanes of at least 4 members (excludes halogenated alkanes) is 1. The van der Waals surface area contributed by atoms with E-state index in [4.69, 9.17) is 17.2 Å². The first kappa shape index (κ1) is 42.3. The zero-order valence-corrected chi connectivity index (χ0v) is 34.4. The number of fused-ring (bicyclic) bond motifs is 1. The smallest absolute Gasteiger partial charge is 0.296 e. The van der Waals surface area contributed by atoms with Gasteiger partial charge in [0.15, 0.2) is 0 Å². The zero-order valence-electron chi connectivity index (χ0n) is 33.6. The van der Waals surface area contributed by atoms with Gasteiger partial charge in [-0.1, -0.05) is 118 Å². The summed E-state index contributed by atoms with van der Waals surface area (Å²) in [5.41, 5.74) is 13.1. The molecule has 0 saturated heterocycles. The van der Waals surface area contributed by atoms with Gasteiger partial charge in [0.25, 0.3) is 0 Å². The van der Waals surface area contributed by atoms with E-state index in [9.17, 15) is 13.2 Å². The number of hydrogen-bond acceptors (Lipinski definition) is 3. The molecule has 292 valence electrons. The Morgan fingerprint density at radius 3 is 2.13 bits per heavy atom. The van der Waals surface area contributed by atoms with Crippen LogP contribution < -0.4 is 0 Å². The molecule has 0 bridgehead atoms. The molecule has 2 nitrogen and oxygen atoms in total. The Bertz CT molecular complexity index is 1940. The summed E-state index contributed by atoms with van der Waals surface area (Å²) in [5, 5.41) is 0. The number of aromatic nitrogens is 1. The molecule has 1 heterocycles. The van der Waals surface area contributed by atoms with Crippen LogP contribution in [0.4, 0.5) is 13.2 Å². The van der Waals surface area contributed by atoms with Crippen molar-refractivity contribution in [3.8, 4) is 11.1 Å². The number of benzene rings is 3. The van der Waals surface area contributed by atoms with Crippen molar-refractivity contribution in [3.05, 3.63) is 147 Å². The number of halogens is 3. The first-order valence-corrected chi connectivity index (χ1v) is 21.0. The van der Waals surface area contributed by atoms with Crippen molar-refractivity contribution in [1.29, 1.82) is 0 Å². The summed E-state index contributed by atoms with van der Waals surface area (Å²) in [7, 11) is 0. The fourth-order valence-corrected chi connectivity index (χ4v) is 8.20. The molecule has 6 rings (SSSR count). The minimum absolute atomic E-state index is 0.378. The third-order valence-electron chi connectivity index (χ3n) is 11.3. The lowest BCUT2D eigenvalue weighted by Crippen LogP contribution is -2.34. The summed E-state index contributed by atoms with van der Waals surface area (Å²) in [6.45, 7) is 12.4. The number of aryl methyl sites for hydroxylation is 5. The summed E-state index contributed by atoms with van der Waals surface area (Å²) in [6, 6.07) is 25.7. The number of hydrogen-bond donors (Lipinski definition) is 0. The predicted molar refractivity (Wildman–Crippen MR) is 229 cm³/mol. The van der Waals surface area contributed by atoms with Gasteiger partial charge in [-0.05, 0) is 147 Å². The molecule has 6 heteroatoms. The standard InChI is InChI=1S/C47H53F3N2S.C2H6/c1-4-5-11-43-26-27-44-45(51-43)12-8-13-46(44)52(30-28-35-14-16-37(17-15-35)34(3)53)31-29-39-10-7-6-9-38(39)20-18-36-19-21-41(32-33(36)2)40-22-24-42(25-23-40)47(48,49)50;1-2/h6-7,9-10,14,16,19,21-27,32,46H,4-5,8,11-13,15,17-18,20,28-31H2,1-3H3;1-2H3. The maximum atomic E-state index is 13.1. The molecular weight excluding hydrogens is 706 g/mol. The molecule has 2 aliphatic carbocycles. The Kier molecular flexibility index (Phi) is 15.6. The first-order valence-electron chi connectivity index (χ1n) is 20.5. The van der Waals surface area contributed by atoms with Crippen molar-refractivity contribution in [1.82, 2.24) is 9.88 Å². The maximum Gasteiger partial charge on any atom is 0.416 e. The van der Waals surface area contributed by atoms with Gasteiger partial charge in [-0.25, -0.2) is 0 Å². The van der Waals surface area contributed by atoms with Gasteiger partial charge in [0.05, 0.1) is 5.56 Å². The minimum atomic E-state index is -4.33. The van der Waals surface area contributed by atoms with Gasteiger partial charge in [-0.15, -0.1) is 0 Å². The normalized spacial score (nSPS) is 15.5. The van der Waals surface area contributed by atoms with Crippen LogP contribution in [-0.4, -0.2) is 27.8 Å². The molecule has 0 saturated carbocycles. The van der Waals surface area contributed by atoms with E-state index in [1.165, 1.54) is 70.5 Å². The molecule has 0 N–H and O–H groups in total. The highest BCUT2D eigenvalue weighted by atomic mass is 32.1. The number of pyridine rings is 1. The van der Waals surface area contributed by atoms with Crippen LogP contribution in [0.3, 0.4) is 0 Å². The van der Waals surface area contributed by atoms with Crippen LogP contribution in [0.2, 0.25) is 0 Å². The molecule has 0 spiro atoms. The van der Waals surface area contributed by atoms with E-state index < -0.39 is 11.7 Å². The average Bonchev–Trinajstić information content (AvgIpc) is 3.20. The lowest BCUT2D eigenvalue weighted by Gasteiger charge is -2.36.